The summed E-state index contributed by atoms with van der Waals surface area (Å²) in [5, 5.41) is 12.7. The van der Waals surface area contributed by atoms with Crippen LogP contribution in [0.15, 0.2) is 18.2 Å². The second kappa shape index (κ2) is 6.09. The molecular formula is C16H23NO2. The van der Waals surface area contributed by atoms with Gasteiger partial charge in [-0.05, 0) is 56.2 Å². The van der Waals surface area contributed by atoms with E-state index in [9.17, 15) is 9.90 Å². The Labute approximate surface area is 115 Å². The molecule has 0 bridgehead atoms. The first-order valence-corrected chi connectivity index (χ1v) is 7.20. The maximum Gasteiger partial charge on any atom is 0.337 e. The van der Waals surface area contributed by atoms with Gasteiger partial charge >= 0.3 is 5.97 Å². The van der Waals surface area contributed by atoms with E-state index in [4.69, 9.17) is 0 Å². The van der Waals surface area contributed by atoms with Crippen molar-refractivity contribution in [1.29, 1.82) is 0 Å². The summed E-state index contributed by atoms with van der Waals surface area (Å²) in [5.41, 5.74) is 2.24. The van der Waals surface area contributed by atoms with E-state index >= 15 is 0 Å². The number of rotatable bonds is 4. The first-order valence-electron chi connectivity index (χ1n) is 7.20. The van der Waals surface area contributed by atoms with Crippen LogP contribution in [0.25, 0.3) is 0 Å². The average Bonchev–Trinajstić information content (AvgIpc) is 2.39. The topological polar surface area (TPSA) is 49.3 Å². The summed E-state index contributed by atoms with van der Waals surface area (Å²) in [6.07, 6.45) is 6.05. The highest BCUT2D eigenvalue weighted by Crippen LogP contribution is 2.29. The lowest BCUT2D eigenvalue weighted by atomic mass is 9.84. The second-order valence-corrected chi connectivity index (χ2v) is 5.62. The summed E-state index contributed by atoms with van der Waals surface area (Å²) in [5.74, 6) is -0.000696. The van der Waals surface area contributed by atoms with E-state index < -0.39 is 5.97 Å². The van der Waals surface area contributed by atoms with Gasteiger partial charge in [0.2, 0.25) is 0 Å². The Morgan fingerprint density at radius 1 is 1.32 bits per heavy atom. The Bertz CT molecular complexity index is 448. The lowest BCUT2D eigenvalue weighted by Crippen LogP contribution is -2.26. The molecule has 0 atom stereocenters. The third-order valence-corrected chi connectivity index (χ3v) is 4.19. The highest BCUT2D eigenvalue weighted by Gasteiger charge is 2.21. The highest BCUT2D eigenvalue weighted by atomic mass is 16.4. The Kier molecular flexibility index (Phi) is 4.46. The molecule has 0 amide bonds. The molecule has 0 heterocycles. The second-order valence-electron chi connectivity index (χ2n) is 5.62. The number of carboxylic acid groups (broad SMARTS) is 1. The fourth-order valence-corrected chi connectivity index (χ4v) is 2.90. The Morgan fingerprint density at radius 3 is 2.58 bits per heavy atom. The number of carbonyl (C=O) groups is 1. The summed E-state index contributed by atoms with van der Waals surface area (Å²) in [6.45, 7) is 4.24. The van der Waals surface area contributed by atoms with Gasteiger partial charge < -0.3 is 10.4 Å². The number of nitrogens with one attached hydrogen (secondary N) is 1. The molecule has 1 aliphatic rings. The Hall–Kier alpha value is -1.51. The van der Waals surface area contributed by atoms with E-state index in [0.717, 1.165) is 30.0 Å². The zero-order valence-electron chi connectivity index (χ0n) is 11.8. The largest absolute Gasteiger partial charge is 0.478 e. The van der Waals surface area contributed by atoms with Gasteiger partial charge in [0.1, 0.15) is 0 Å². The summed E-state index contributed by atoms with van der Waals surface area (Å²) in [6, 6.07) is 5.90. The quantitative estimate of drug-likeness (QED) is 0.858. The maximum atomic E-state index is 11.2. The van der Waals surface area contributed by atoms with Crippen molar-refractivity contribution in [2.24, 2.45) is 5.92 Å². The smallest absolute Gasteiger partial charge is 0.337 e. The summed E-state index contributed by atoms with van der Waals surface area (Å²) < 4.78 is 0. The number of hydrogen-bond donors (Lipinski definition) is 2. The van der Waals surface area contributed by atoms with Crippen molar-refractivity contribution < 1.29 is 9.90 Å². The third kappa shape index (κ3) is 3.49. The summed E-state index contributed by atoms with van der Waals surface area (Å²) in [7, 11) is 0. The summed E-state index contributed by atoms with van der Waals surface area (Å²) in [4.78, 5) is 11.2. The third-order valence-electron chi connectivity index (χ3n) is 4.19. The van der Waals surface area contributed by atoms with Crippen molar-refractivity contribution >= 4 is 11.7 Å². The van der Waals surface area contributed by atoms with Crippen molar-refractivity contribution in [3.05, 3.63) is 29.3 Å². The molecule has 1 aromatic carbocycles. The van der Waals surface area contributed by atoms with Crippen molar-refractivity contribution in [2.75, 3.05) is 5.32 Å². The Morgan fingerprint density at radius 2 is 2.00 bits per heavy atom. The van der Waals surface area contributed by atoms with Crippen LogP contribution in [-0.2, 0) is 0 Å². The normalized spacial score (nSPS) is 23.1. The van der Waals surface area contributed by atoms with Gasteiger partial charge in [0.05, 0.1) is 5.56 Å². The molecule has 1 aromatic rings. The number of hydrogen-bond acceptors (Lipinski definition) is 2. The van der Waals surface area contributed by atoms with Crippen LogP contribution in [0.2, 0.25) is 0 Å². The van der Waals surface area contributed by atoms with Crippen molar-refractivity contribution in [2.45, 2.75) is 52.0 Å². The van der Waals surface area contributed by atoms with Crippen LogP contribution in [0.5, 0.6) is 0 Å². The molecule has 19 heavy (non-hydrogen) atoms. The molecule has 0 radical (unpaired) electrons. The molecule has 0 aromatic heterocycles. The monoisotopic (exact) mass is 261 g/mol. The van der Waals surface area contributed by atoms with Crippen LogP contribution in [-0.4, -0.2) is 17.1 Å². The molecule has 104 valence electrons. The van der Waals surface area contributed by atoms with Crippen molar-refractivity contribution in [3.8, 4) is 0 Å². The van der Waals surface area contributed by atoms with Crippen molar-refractivity contribution in [3.63, 3.8) is 0 Å². The van der Waals surface area contributed by atoms with E-state index in [2.05, 4.69) is 12.2 Å². The fourth-order valence-electron chi connectivity index (χ4n) is 2.90. The predicted octanol–water partition coefficient (Wildman–Crippen LogP) is 4.07. The maximum absolute atomic E-state index is 11.2. The molecule has 0 unspecified atom stereocenters. The lowest BCUT2D eigenvalue weighted by molar-refractivity contribution is 0.0698. The zero-order valence-corrected chi connectivity index (χ0v) is 11.8. The minimum absolute atomic E-state index is 0.378. The Balaban J connectivity index is 2.06. The first-order chi connectivity index (χ1) is 9.10. The average molecular weight is 261 g/mol. The molecule has 3 nitrogen and oxygen atoms in total. The van der Waals surface area contributed by atoms with Crippen LogP contribution in [0.4, 0.5) is 5.69 Å². The van der Waals surface area contributed by atoms with Crippen LogP contribution < -0.4 is 5.32 Å². The molecule has 0 spiro atoms. The van der Waals surface area contributed by atoms with Gasteiger partial charge in [0.15, 0.2) is 0 Å². The van der Waals surface area contributed by atoms with E-state index in [1.807, 2.05) is 19.1 Å². The van der Waals surface area contributed by atoms with E-state index in [1.54, 1.807) is 6.07 Å². The van der Waals surface area contributed by atoms with Gasteiger partial charge in [-0.3, -0.25) is 0 Å². The number of anilines is 1. The van der Waals surface area contributed by atoms with E-state index in [1.165, 1.54) is 19.3 Å². The fraction of sp³-hybridized carbons (Fsp3) is 0.562. The van der Waals surface area contributed by atoms with Gasteiger partial charge in [-0.25, -0.2) is 4.79 Å². The van der Waals surface area contributed by atoms with Crippen LogP contribution in [0, 0.1) is 12.8 Å². The lowest BCUT2D eigenvalue weighted by Gasteiger charge is -2.29. The molecule has 1 aliphatic carbocycles. The number of benzene rings is 1. The molecule has 0 saturated heterocycles. The van der Waals surface area contributed by atoms with Gasteiger partial charge in [-0.1, -0.05) is 19.4 Å². The van der Waals surface area contributed by atoms with Crippen LogP contribution in [0.1, 0.15) is 54.9 Å². The van der Waals surface area contributed by atoms with E-state index in [-0.39, 0.29) is 0 Å². The first kappa shape index (κ1) is 13.9. The molecule has 2 N–H and O–H groups in total. The number of carboxylic acids is 1. The van der Waals surface area contributed by atoms with E-state index in [0.29, 0.717) is 11.6 Å². The predicted molar refractivity (Wildman–Crippen MR) is 77.8 cm³/mol. The zero-order chi connectivity index (χ0) is 13.8. The molecule has 2 rings (SSSR count). The van der Waals surface area contributed by atoms with Crippen molar-refractivity contribution in [1.82, 2.24) is 0 Å². The number of aryl methyl sites for hydroxylation is 1. The molecule has 0 aliphatic heterocycles. The SMILES string of the molecule is CCC1CCC(Nc2cc(C)ccc2C(=O)O)CC1. The van der Waals surface area contributed by atoms with Gasteiger partial charge in [0, 0.05) is 11.7 Å². The van der Waals surface area contributed by atoms with Crippen LogP contribution >= 0.6 is 0 Å². The molecular weight excluding hydrogens is 238 g/mol. The molecule has 3 heteroatoms. The van der Waals surface area contributed by atoms with Gasteiger partial charge in [-0.2, -0.15) is 0 Å². The highest BCUT2D eigenvalue weighted by molar-refractivity contribution is 5.94. The van der Waals surface area contributed by atoms with Crippen LogP contribution in [0.3, 0.4) is 0 Å². The number of aromatic carboxylic acids is 1. The summed E-state index contributed by atoms with van der Waals surface area (Å²) >= 11 is 0. The standard InChI is InChI=1S/C16H23NO2/c1-3-12-5-7-13(8-6-12)17-15-10-11(2)4-9-14(15)16(18)19/h4,9-10,12-13,17H,3,5-8H2,1-2H3,(H,18,19). The minimum Gasteiger partial charge on any atom is -0.478 e. The minimum atomic E-state index is -0.857. The van der Waals surface area contributed by atoms with Gasteiger partial charge in [-0.15, -0.1) is 0 Å². The van der Waals surface area contributed by atoms with Gasteiger partial charge in [0.25, 0.3) is 0 Å². The molecule has 1 saturated carbocycles. The molecule has 1 fully saturated rings.